The van der Waals surface area contributed by atoms with Crippen LogP contribution in [0.4, 0.5) is 0 Å². The van der Waals surface area contributed by atoms with Gasteiger partial charge in [0.1, 0.15) is 24.8 Å². The van der Waals surface area contributed by atoms with Crippen molar-refractivity contribution in [2.75, 3.05) is 13.2 Å². The van der Waals surface area contributed by atoms with Gasteiger partial charge in [-0.1, -0.05) is 55.4 Å². The van der Waals surface area contributed by atoms with E-state index in [4.69, 9.17) is 4.74 Å². The molecule has 0 amide bonds. The minimum atomic E-state index is -0.0193. The van der Waals surface area contributed by atoms with E-state index in [2.05, 4.69) is 0 Å². The van der Waals surface area contributed by atoms with E-state index in [1.807, 2.05) is 55.4 Å². The van der Waals surface area contributed by atoms with Crippen molar-refractivity contribution < 1.29 is 23.9 Å². The van der Waals surface area contributed by atoms with Crippen molar-refractivity contribution in [2.24, 2.45) is 23.7 Å². The Morgan fingerprint density at radius 2 is 0.792 bits per heavy atom. The average Bonchev–Trinajstić information content (AvgIpc) is 2.46. The molecule has 0 saturated carbocycles. The minimum Gasteiger partial charge on any atom is -0.366 e. The van der Waals surface area contributed by atoms with Gasteiger partial charge >= 0.3 is 0 Å². The first-order valence-corrected chi connectivity index (χ1v) is 8.58. The summed E-state index contributed by atoms with van der Waals surface area (Å²) in [5, 5.41) is 0. The highest BCUT2D eigenvalue weighted by atomic mass is 16.5. The Bertz CT molecular complexity index is 381. The van der Waals surface area contributed by atoms with Gasteiger partial charge < -0.3 is 4.74 Å². The van der Waals surface area contributed by atoms with Crippen LogP contribution in [0.1, 0.15) is 61.8 Å². The van der Waals surface area contributed by atoms with Gasteiger partial charge in [0.25, 0.3) is 0 Å². The van der Waals surface area contributed by atoms with E-state index in [0.29, 0.717) is 0 Å². The largest absolute Gasteiger partial charge is 0.366 e. The van der Waals surface area contributed by atoms with Crippen LogP contribution < -0.4 is 0 Å². The van der Waals surface area contributed by atoms with Gasteiger partial charge in [-0.3, -0.25) is 19.2 Å². The minimum absolute atomic E-state index is 0.0160. The van der Waals surface area contributed by atoms with Gasteiger partial charge in [-0.05, 0) is 0 Å². The Kier molecular flexibility index (Phi) is 13.5. The summed E-state index contributed by atoms with van der Waals surface area (Å²) < 4.78 is 4.98. The Labute approximate surface area is 146 Å². The van der Waals surface area contributed by atoms with Crippen molar-refractivity contribution in [3.05, 3.63) is 0 Å². The van der Waals surface area contributed by atoms with E-state index >= 15 is 0 Å². The number of carbonyl (C=O) groups is 4. The number of Topliss-reactive ketones (excluding diaryl/α,β-unsaturated/α-hetero) is 4. The average molecular weight is 342 g/mol. The van der Waals surface area contributed by atoms with Crippen LogP contribution in [0.15, 0.2) is 0 Å². The molecule has 0 heterocycles. The molecule has 0 saturated heterocycles. The van der Waals surface area contributed by atoms with Crippen LogP contribution in [-0.2, 0) is 23.9 Å². The highest BCUT2D eigenvalue weighted by molar-refractivity contribution is 6.00. The first-order chi connectivity index (χ1) is 10.9. The van der Waals surface area contributed by atoms with Crippen molar-refractivity contribution in [1.29, 1.82) is 0 Å². The fourth-order valence-corrected chi connectivity index (χ4v) is 1.17. The third-order valence-electron chi connectivity index (χ3n) is 3.41. The lowest BCUT2D eigenvalue weighted by Crippen LogP contribution is -2.20. The molecule has 0 fully saturated rings. The maximum Gasteiger partial charge on any atom is 0.160 e. The van der Waals surface area contributed by atoms with Crippen LogP contribution in [0.5, 0.6) is 0 Å². The predicted octanol–water partition coefficient (Wildman–Crippen LogP) is 3.28. The Morgan fingerprint density at radius 1 is 0.542 bits per heavy atom. The molecule has 0 aliphatic carbocycles. The van der Waals surface area contributed by atoms with E-state index in [-0.39, 0.29) is 66.4 Å². The fraction of sp³-hybridized carbons (Fsp3) is 0.789. The Balaban J connectivity index is 0. The first-order valence-electron chi connectivity index (χ1n) is 8.58. The van der Waals surface area contributed by atoms with E-state index in [1.165, 1.54) is 0 Å². The lowest BCUT2D eigenvalue weighted by molar-refractivity contribution is -0.132. The van der Waals surface area contributed by atoms with Crippen LogP contribution in [0, 0.1) is 23.7 Å². The van der Waals surface area contributed by atoms with Crippen molar-refractivity contribution in [3.8, 4) is 0 Å². The third-order valence-corrected chi connectivity index (χ3v) is 3.41. The molecule has 0 radical (unpaired) electrons. The van der Waals surface area contributed by atoms with Gasteiger partial charge in [0.2, 0.25) is 0 Å². The molecule has 0 unspecified atom stereocenters. The highest BCUT2D eigenvalue weighted by Gasteiger charge is 2.15. The molecule has 0 aromatic heterocycles. The van der Waals surface area contributed by atoms with E-state index < -0.39 is 0 Å². The van der Waals surface area contributed by atoms with Crippen molar-refractivity contribution in [2.45, 2.75) is 61.8 Å². The van der Waals surface area contributed by atoms with Crippen LogP contribution >= 0.6 is 0 Å². The summed E-state index contributed by atoms with van der Waals surface area (Å²) in [6.07, 6.45) is 0.106. The van der Waals surface area contributed by atoms with Crippen LogP contribution in [-0.4, -0.2) is 36.3 Å². The zero-order valence-corrected chi connectivity index (χ0v) is 16.5. The SMILES string of the molecule is CC(C)C(=O)CC(=O)C(C)C.CC(C)C(=O)COCC(=O)C(C)C. The van der Waals surface area contributed by atoms with Crippen molar-refractivity contribution in [1.82, 2.24) is 0 Å². The quantitative estimate of drug-likeness (QED) is 0.569. The van der Waals surface area contributed by atoms with Crippen LogP contribution in [0.2, 0.25) is 0 Å². The first kappa shape index (κ1) is 24.9. The summed E-state index contributed by atoms with van der Waals surface area (Å²) in [6, 6.07) is 0. The molecule has 24 heavy (non-hydrogen) atoms. The Hall–Kier alpha value is -1.36. The van der Waals surface area contributed by atoms with Gasteiger partial charge in [-0.25, -0.2) is 0 Å². The molecule has 0 N–H and O–H groups in total. The zero-order chi connectivity index (χ0) is 19.4. The normalized spacial score (nSPS) is 10.8. The smallest absolute Gasteiger partial charge is 0.160 e. The molecule has 0 bridgehead atoms. The standard InChI is InChI=1S/C10H18O3.C9H16O2/c1-7(2)9(11)5-13-6-10(12)8(3)4;1-6(2)8(10)5-9(11)7(3)4/h7-8H,5-6H2,1-4H3;6-7H,5H2,1-4H3. The monoisotopic (exact) mass is 342 g/mol. The summed E-state index contributed by atoms with van der Waals surface area (Å²) in [5.74, 6) is 0.0965. The molecule has 0 aromatic rings. The summed E-state index contributed by atoms with van der Waals surface area (Å²) in [4.78, 5) is 44.2. The summed E-state index contributed by atoms with van der Waals surface area (Å²) in [6.45, 7) is 14.6. The van der Waals surface area contributed by atoms with Gasteiger partial charge in [-0.2, -0.15) is 0 Å². The van der Waals surface area contributed by atoms with E-state index in [9.17, 15) is 19.2 Å². The van der Waals surface area contributed by atoms with E-state index in [0.717, 1.165) is 0 Å². The van der Waals surface area contributed by atoms with Gasteiger partial charge in [-0.15, -0.1) is 0 Å². The molecule has 140 valence electrons. The number of ketones is 4. The molecule has 0 spiro atoms. The van der Waals surface area contributed by atoms with Gasteiger partial charge in [0, 0.05) is 23.7 Å². The van der Waals surface area contributed by atoms with Gasteiger partial charge in [0.15, 0.2) is 11.6 Å². The lowest BCUT2D eigenvalue weighted by atomic mass is 9.98. The number of hydrogen-bond donors (Lipinski definition) is 0. The highest BCUT2D eigenvalue weighted by Crippen LogP contribution is 2.04. The van der Waals surface area contributed by atoms with Crippen LogP contribution in [0.25, 0.3) is 0 Å². The predicted molar refractivity (Wildman–Crippen MR) is 94.8 cm³/mol. The molecule has 0 aliphatic rings. The van der Waals surface area contributed by atoms with Crippen molar-refractivity contribution in [3.63, 3.8) is 0 Å². The molecule has 0 aliphatic heterocycles. The molecular formula is C19H34O5. The number of hydrogen-bond acceptors (Lipinski definition) is 5. The second-order valence-corrected chi connectivity index (χ2v) is 7.15. The topological polar surface area (TPSA) is 77.5 Å². The fourth-order valence-electron chi connectivity index (χ4n) is 1.17. The maximum atomic E-state index is 11.1. The third kappa shape index (κ3) is 13.1. The second kappa shape index (κ2) is 13.0. The number of ether oxygens (including phenoxy) is 1. The maximum absolute atomic E-state index is 11.1. The second-order valence-electron chi connectivity index (χ2n) is 7.15. The van der Waals surface area contributed by atoms with Crippen LogP contribution in [0.3, 0.4) is 0 Å². The molecule has 0 rings (SSSR count). The number of rotatable bonds is 10. The molecule has 5 heteroatoms. The molecule has 0 aromatic carbocycles. The van der Waals surface area contributed by atoms with Gasteiger partial charge in [0.05, 0.1) is 6.42 Å². The zero-order valence-electron chi connectivity index (χ0n) is 16.5. The Morgan fingerprint density at radius 3 is 1.00 bits per heavy atom. The molecular weight excluding hydrogens is 308 g/mol. The number of carbonyl (C=O) groups excluding carboxylic acids is 4. The summed E-state index contributed by atoms with van der Waals surface area (Å²) in [7, 11) is 0. The summed E-state index contributed by atoms with van der Waals surface area (Å²) >= 11 is 0. The van der Waals surface area contributed by atoms with Crippen molar-refractivity contribution >= 4 is 23.1 Å². The molecule has 5 nitrogen and oxygen atoms in total. The molecule has 0 atom stereocenters. The lowest BCUT2D eigenvalue weighted by Gasteiger charge is -2.06. The summed E-state index contributed by atoms with van der Waals surface area (Å²) in [5.41, 5.74) is 0. The van der Waals surface area contributed by atoms with E-state index in [1.54, 1.807) is 0 Å².